The van der Waals surface area contributed by atoms with Crippen molar-refractivity contribution in [2.75, 3.05) is 14.2 Å². The molecule has 0 heterocycles. The van der Waals surface area contributed by atoms with Crippen LogP contribution in [-0.4, -0.2) is 26.0 Å². The Morgan fingerprint density at radius 2 is 1.68 bits per heavy atom. The molecule has 122 valence electrons. The maximum atomic E-state index is 11.9. The van der Waals surface area contributed by atoms with Crippen molar-refractivity contribution in [1.82, 2.24) is 0 Å². The van der Waals surface area contributed by atoms with E-state index in [0.29, 0.717) is 35.7 Å². The highest BCUT2D eigenvalue weighted by molar-refractivity contribution is 5.80. The highest BCUT2D eigenvalue weighted by atomic mass is 16.5. The van der Waals surface area contributed by atoms with Crippen molar-refractivity contribution in [2.24, 2.45) is 0 Å². The first-order valence-corrected chi connectivity index (χ1v) is 7.21. The normalized spacial score (nSPS) is 11.0. The lowest BCUT2D eigenvalue weighted by atomic mass is 9.78. The van der Waals surface area contributed by atoms with Crippen LogP contribution in [0, 0.1) is 0 Å². The average molecular weight is 308 g/mol. The summed E-state index contributed by atoms with van der Waals surface area (Å²) in [5.41, 5.74) is 0.156. The first kappa shape index (κ1) is 18.0. The van der Waals surface area contributed by atoms with Crippen LogP contribution in [0.5, 0.6) is 17.2 Å². The third-order valence-corrected chi connectivity index (χ3v) is 3.46. The van der Waals surface area contributed by atoms with Crippen LogP contribution in [0.1, 0.15) is 46.1 Å². The number of methoxy groups -OCH3 is 2. The summed E-state index contributed by atoms with van der Waals surface area (Å²) >= 11 is 0. The monoisotopic (exact) mass is 308 g/mol. The number of carbonyl (C=O) groups excluding carboxylic acids is 2. The quantitative estimate of drug-likeness (QED) is 0.571. The fraction of sp³-hybridized carbons (Fsp3) is 0.529. The predicted octanol–water partition coefficient (Wildman–Crippen LogP) is 3.28. The molecule has 0 unspecified atom stereocenters. The number of rotatable bonds is 7. The van der Waals surface area contributed by atoms with Gasteiger partial charge >= 0.3 is 5.97 Å². The minimum Gasteiger partial charge on any atom is -0.496 e. The van der Waals surface area contributed by atoms with Gasteiger partial charge in [0.05, 0.1) is 14.2 Å². The summed E-state index contributed by atoms with van der Waals surface area (Å²) in [6.45, 7) is 7.02. The lowest BCUT2D eigenvalue weighted by Gasteiger charge is -2.28. The van der Waals surface area contributed by atoms with Gasteiger partial charge in [0, 0.05) is 42.9 Å². The van der Waals surface area contributed by atoms with Crippen molar-refractivity contribution < 1.29 is 23.8 Å². The van der Waals surface area contributed by atoms with Crippen molar-refractivity contribution in [3.05, 3.63) is 17.7 Å². The van der Waals surface area contributed by atoms with Gasteiger partial charge in [0.15, 0.2) is 0 Å². The second kappa shape index (κ2) is 7.29. The van der Waals surface area contributed by atoms with E-state index in [1.54, 1.807) is 12.1 Å². The highest BCUT2D eigenvalue weighted by Crippen LogP contribution is 2.44. The summed E-state index contributed by atoms with van der Waals surface area (Å²) in [7, 11) is 3.06. The van der Waals surface area contributed by atoms with Gasteiger partial charge in [-0.3, -0.25) is 9.59 Å². The SMILES string of the molecule is CCC(=O)CC(C)(C)c1c(OC)cc(OC)cc1OC(C)=O. The smallest absolute Gasteiger partial charge is 0.308 e. The molecular weight excluding hydrogens is 284 g/mol. The van der Waals surface area contributed by atoms with E-state index >= 15 is 0 Å². The fourth-order valence-corrected chi connectivity index (χ4v) is 2.45. The molecule has 5 nitrogen and oxygen atoms in total. The summed E-state index contributed by atoms with van der Waals surface area (Å²) in [4.78, 5) is 23.3. The maximum absolute atomic E-state index is 11.9. The van der Waals surface area contributed by atoms with Crippen molar-refractivity contribution in [3.8, 4) is 17.2 Å². The Bertz CT molecular complexity index is 560. The van der Waals surface area contributed by atoms with Crippen molar-refractivity contribution in [2.45, 2.75) is 46.0 Å². The van der Waals surface area contributed by atoms with Gasteiger partial charge in [0.2, 0.25) is 0 Å². The number of ketones is 1. The average Bonchev–Trinajstić information content (AvgIpc) is 2.44. The van der Waals surface area contributed by atoms with Gasteiger partial charge in [0.25, 0.3) is 0 Å². The van der Waals surface area contributed by atoms with Gasteiger partial charge in [-0.1, -0.05) is 20.8 Å². The minimum absolute atomic E-state index is 0.136. The summed E-state index contributed by atoms with van der Waals surface area (Å²) in [6.07, 6.45) is 0.797. The molecule has 1 aromatic rings. The van der Waals surface area contributed by atoms with Gasteiger partial charge in [0.1, 0.15) is 23.0 Å². The Labute approximate surface area is 131 Å². The molecule has 0 aliphatic carbocycles. The third-order valence-electron chi connectivity index (χ3n) is 3.46. The number of Topliss-reactive ketones (excluding diaryl/α,β-unsaturated/α-hetero) is 1. The number of hydrogen-bond acceptors (Lipinski definition) is 5. The molecule has 0 N–H and O–H groups in total. The van der Waals surface area contributed by atoms with Gasteiger partial charge in [-0.15, -0.1) is 0 Å². The van der Waals surface area contributed by atoms with Crippen molar-refractivity contribution in [1.29, 1.82) is 0 Å². The van der Waals surface area contributed by atoms with E-state index in [-0.39, 0.29) is 5.78 Å². The molecule has 0 fully saturated rings. The van der Waals surface area contributed by atoms with E-state index in [1.807, 2.05) is 20.8 Å². The Morgan fingerprint density at radius 3 is 2.14 bits per heavy atom. The first-order valence-electron chi connectivity index (χ1n) is 7.21. The number of hydrogen-bond donors (Lipinski definition) is 0. The Kier molecular flexibility index (Phi) is 5.97. The van der Waals surface area contributed by atoms with Crippen molar-refractivity contribution in [3.63, 3.8) is 0 Å². The lowest BCUT2D eigenvalue weighted by Crippen LogP contribution is -2.24. The van der Waals surface area contributed by atoms with E-state index in [4.69, 9.17) is 14.2 Å². The molecule has 0 radical (unpaired) electrons. The Balaban J connectivity index is 3.46. The summed E-state index contributed by atoms with van der Waals surface area (Å²) in [5, 5.41) is 0. The molecular formula is C17H24O5. The van der Waals surface area contributed by atoms with E-state index in [1.165, 1.54) is 21.1 Å². The Hall–Kier alpha value is -2.04. The van der Waals surface area contributed by atoms with Crippen LogP contribution in [0.15, 0.2) is 12.1 Å². The highest BCUT2D eigenvalue weighted by Gasteiger charge is 2.32. The maximum Gasteiger partial charge on any atom is 0.308 e. The van der Waals surface area contributed by atoms with Crippen LogP contribution in [0.3, 0.4) is 0 Å². The number of carbonyl (C=O) groups is 2. The van der Waals surface area contributed by atoms with Gasteiger partial charge in [-0.25, -0.2) is 0 Å². The molecule has 0 amide bonds. The molecule has 22 heavy (non-hydrogen) atoms. The fourth-order valence-electron chi connectivity index (χ4n) is 2.45. The molecule has 0 atom stereocenters. The number of benzene rings is 1. The van der Waals surface area contributed by atoms with Crippen LogP contribution < -0.4 is 14.2 Å². The Morgan fingerprint density at radius 1 is 1.09 bits per heavy atom. The van der Waals surface area contributed by atoms with Crippen LogP contribution in [-0.2, 0) is 15.0 Å². The van der Waals surface area contributed by atoms with E-state index in [2.05, 4.69) is 0 Å². The molecule has 0 saturated carbocycles. The number of ether oxygens (including phenoxy) is 3. The van der Waals surface area contributed by atoms with E-state index in [9.17, 15) is 9.59 Å². The van der Waals surface area contributed by atoms with E-state index in [0.717, 1.165) is 0 Å². The second-order valence-corrected chi connectivity index (χ2v) is 5.75. The molecule has 1 aromatic carbocycles. The standard InChI is InChI=1S/C17H24O5/c1-7-12(19)10-17(3,4)16-14(21-6)8-13(20-5)9-15(16)22-11(2)18/h8-9H,7,10H2,1-6H3. The third kappa shape index (κ3) is 4.23. The molecule has 0 spiro atoms. The number of esters is 1. The first-order chi connectivity index (χ1) is 10.2. The van der Waals surface area contributed by atoms with E-state index < -0.39 is 11.4 Å². The van der Waals surface area contributed by atoms with Gasteiger partial charge in [-0.05, 0) is 0 Å². The summed E-state index contributed by atoms with van der Waals surface area (Å²) in [5.74, 6) is 1.11. The topological polar surface area (TPSA) is 61.8 Å². The lowest BCUT2D eigenvalue weighted by molar-refractivity contribution is -0.131. The molecule has 5 heteroatoms. The zero-order chi connectivity index (χ0) is 16.9. The van der Waals surface area contributed by atoms with Crippen LogP contribution in [0.2, 0.25) is 0 Å². The van der Waals surface area contributed by atoms with Crippen LogP contribution in [0.25, 0.3) is 0 Å². The molecule has 0 aliphatic rings. The molecule has 0 saturated heterocycles. The molecule has 0 aromatic heterocycles. The van der Waals surface area contributed by atoms with Crippen LogP contribution in [0.4, 0.5) is 0 Å². The van der Waals surface area contributed by atoms with Crippen molar-refractivity contribution >= 4 is 11.8 Å². The summed E-state index contributed by atoms with van der Waals surface area (Å²) in [6, 6.07) is 3.36. The molecule has 1 rings (SSSR count). The predicted molar refractivity (Wildman–Crippen MR) is 83.8 cm³/mol. The van der Waals surface area contributed by atoms with Gasteiger partial charge < -0.3 is 14.2 Å². The molecule has 0 bridgehead atoms. The zero-order valence-corrected chi connectivity index (χ0v) is 14.1. The van der Waals surface area contributed by atoms with Crippen LogP contribution >= 0.6 is 0 Å². The second-order valence-electron chi connectivity index (χ2n) is 5.75. The minimum atomic E-state index is -0.532. The largest absolute Gasteiger partial charge is 0.496 e. The summed E-state index contributed by atoms with van der Waals surface area (Å²) < 4.78 is 16.0. The van der Waals surface area contributed by atoms with Gasteiger partial charge in [-0.2, -0.15) is 0 Å². The molecule has 0 aliphatic heterocycles. The zero-order valence-electron chi connectivity index (χ0n) is 14.1.